The lowest BCUT2D eigenvalue weighted by atomic mass is 9.83. The average Bonchev–Trinajstić information content (AvgIpc) is 3.83. The van der Waals surface area contributed by atoms with E-state index in [2.05, 4.69) is 174 Å². The summed E-state index contributed by atoms with van der Waals surface area (Å²) in [4.78, 5) is 10.5. The number of phenolic OH excluding ortho intramolecular Hbond substituents is 1. The van der Waals surface area contributed by atoms with Crippen molar-refractivity contribution < 1.29 is 9.52 Å². The first-order valence-corrected chi connectivity index (χ1v) is 20.9. The van der Waals surface area contributed by atoms with Gasteiger partial charge in [-0.15, -0.1) is 0 Å². The number of para-hydroxylation sites is 3. The third-order valence-electron chi connectivity index (χ3n) is 11.9. The Labute approximate surface area is 356 Å². The summed E-state index contributed by atoms with van der Waals surface area (Å²) in [6.45, 7) is 13.5. The van der Waals surface area contributed by atoms with E-state index in [-0.39, 0.29) is 16.6 Å². The number of hydrogen-bond acceptors (Lipinski definition) is 4. The van der Waals surface area contributed by atoms with Gasteiger partial charge < -0.3 is 9.52 Å². The molecule has 10 aromatic rings. The third kappa shape index (κ3) is 6.86. The Hall–Kier alpha value is -7.24. The van der Waals surface area contributed by atoms with Crippen molar-refractivity contribution in [1.29, 1.82) is 0 Å². The van der Waals surface area contributed by atoms with E-state index in [9.17, 15) is 5.11 Å². The molecular formula is C56H47N3O2. The largest absolute Gasteiger partial charge is 0.507 e. The molecule has 0 bridgehead atoms. The number of aromatic nitrogens is 3. The molecule has 0 radical (unpaired) electrons. The van der Waals surface area contributed by atoms with Crippen molar-refractivity contribution >= 4 is 33.0 Å². The molecular weight excluding hydrogens is 747 g/mol. The van der Waals surface area contributed by atoms with Crippen LogP contribution in [0.25, 0.3) is 94.7 Å². The highest BCUT2D eigenvalue weighted by Crippen LogP contribution is 2.44. The van der Waals surface area contributed by atoms with Crippen LogP contribution in [0, 0.1) is 0 Å². The second kappa shape index (κ2) is 14.5. The Kier molecular flexibility index (Phi) is 9.03. The summed E-state index contributed by atoms with van der Waals surface area (Å²) in [5.41, 5.74) is 15.6. The van der Waals surface area contributed by atoms with Gasteiger partial charge in [-0.25, -0.2) is 4.98 Å². The first-order chi connectivity index (χ1) is 29.4. The fraction of sp³-hybridized carbons (Fsp3) is 0.143. The maximum Gasteiger partial charge on any atom is 0.149 e. The summed E-state index contributed by atoms with van der Waals surface area (Å²) >= 11 is 0. The lowest BCUT2D eigenvalue weighted by Gasteiger charge is -2.22. The van der Waals surface area contributed by atoms with Gasteiger partial charge in [-0.3, -0.25) is 9.55 Å². The zero-order valence-corrected chi connectivity index (χ0v) is 35.4. The van der Waals surface area contributed by atoms with Crippen molar-refractivity contribution in [3.8, 4) is 67.5 Å². The molecule has 0 aliphatic rings. The van der Waals surface area contributed by atoms with Crippen LogP contribution in [0.15, 0.2) is 174 Å². The molecule has 0 atom stereocenters. The van der Waals surface area contributed by atoms with Crippen LogP contribution in [-0.2, 0) is 10.8 Å². The summed E-state index contributed by atoms with van der Waals surface area (Å²) < 4.78 is 8.40. The van der Waals surface area contributed by atoms with Crippen molar-refractivity contribution in [3.05, 3.63) is 181 Å². The molecule has 3 heterocycles. The molecule has 0 fully saturated rings. The fourth-order valence-electron chi connectivity index (χ4n) is 8.52. The van der Waals surface area contributed by atoms with Crippen LogP contribution in [0.4, 0.5) is 0 Å². The summed E-state index contributed by atoms with van der Waals surface area (Å²) in [5.74, 6) is 0.729. The standard InChI is InChI=1S/C56H47N3O2/c1-55(2,3)40-25-23-35(24-26-40)37-27-28-57-47(32-37)39-29-38(30-41(31-39)56(4,5)6)43-19-14-21-49-53(43)58-54(59(49)48-20-12-10-17-42(48)36-15-8-7-9-16-36)46-33-45-44-18-11-13-22-51(44)61-52(45)34-50(46)60/h7-34,60H,1-6H3. The molecule has 61 heavy (non-hydrogen) atoms. The van der Waals surface area contributed by atoms with E-state index in [0.29, 0.717) is 17.0 Å². The number of pyridine rings is 1. The van der Waals surface area contributed by atoms with Crippen LogP contribution in [0.5, 0.6) is 5.75 Å². The lowest BCUT2D eigenvalue weighted by Crippen LogP contribution is -2.11. The molecule has 0 unspecified atom stereocenters. The third-order valence-corrected chi connectivity index (χ3v) is 11.9. The monoisotopic (exact) mass is 793 g/mol. The molecule has 3 aromatic heterocycles. The van der Waals surface area contributed by atoms with E-state index in [0.717, 1.165) is 77.7 Å². The quantitative estimate of drug-likeness (QED) is 0.182. The number of imidazole rings is 1. The molecule has 0 saturated carbocycles. The Bertz CT molecular complexity index is 3270. The summed E-state index contributed by atoms with van der Waals surface area (Å²) in [5, 5.41) is 13.8. The van der Waals surface area contributed by atoms with Crippen molar-refractivity contribution in [3.63, 3.8) is 0 Å². The Morgan fingerprint density at radius 2 is 1.20 bits per heavy atom. The molecule has 5 nitrogen and oxygen atoms in total. The SMILES string of the molecule is CC(C)(C)c1ccc(-c2ccnc(-c3cc(-c4cccc5c4nc(-c4cc6c(cc4O)oc4ccccc46)n5-c4ccccc4-c4ccccc4)cc(C(C)(C)C)c3)c2)cc1. The number of nitrogens with zero attached hydrogens (tertiary/aromatic N) is 3. The first kappa shape index (κ1) is 38.0. The molecule has 0 amide bonds. The summed E-state index contributed by atoms with van der Waals surface area (Å²) in [7, 11) is 0. The minimum Gasteiger partial charge on any atom is -0.507 e. The van der Waals surface area contributed by atoms with Gasteiger partial charge in [-0.1, -0.05) is 151 Å². The van der Waals surface area contributed by atoms with E-state index in [4.69, 9.17) is 14.4 Å². The first-order valence-electron chi connectivity index (χ1n) is 20.9. The predicted octanol–water partition coefficient (Wildman–Crippen LogP) is 15.0. The van der Waals surface area contributed by atoms with Crippen molar-refractivity contribution in [2.45, 2.75) is 52.4 Å². The molecule has 0 saturated heterocycles. The zero-order valence-electron chi connectivity index (χ0n) is 35.4. The zero-order chi connectivity index (χ0) is 42.0. The van der Waals surface area contributed by atoms with Crippen LogP contribution in [0.2, 0.25) is 0 Å². The van der Waals surface area contributed by atoms with Crippen LogP contribution in [0.3, 0.4) is 0 Å². The molecule has 10 rings (SSSR count). The van der Waals surface area contributed by atoms with E-state index in [1.807, 2.05) is 36.5 Å². The fourth-order valence-corrected chi connectivity index (χ4v) is 8.52. The lowest BCUT2D eigenvalue weighted by molar-refractivity contribution is 0.476. The number of rotatable bonds is 6. The molecule has 1 N–H and O–H groups in total. The van der Waals surface area contributed by atoms with Crippen molar-refractivity contribution in [2.75, 3.05) is 0 Å². The number of phenols is 1. The topological polar surface area (TPSA) is 64.1 Å². The summed E-state index contributed by atoms with van der Waals surface area (Å²) in [6.07, 6.45) is 1.91. The maximum atomic E-state index is 11.9. The van der Waals surface area contributed by atoms with E-state index >= 15 is 0 Å². The number of fused-ring (bicyclic) bond motifs is 4. The van der Waals surface area contributed by atoms with Crippen molar-refractivity contribution in [1.82, 2.24) is 14.5 Å². The van der Waals surface area contributed by atoms with Crippen LogP contribution >= 0.6 is 0 Å². The van der Waals surface area contributed by atoms with E-state index < -0.39 is 0 Å². The van der Waals surface area contributed by atoms with Gasteiger partial charge in [-0.2, -0.15) is 0 Å². The van der Waals surface area contributed by atoms with Gasteiger partial charge in [0.05, 0.1) is 28.0 Å². The highest BCUT2D eigenvalue weighted by Gasteiger charge is 2.25. The van der Waals surface area contributed by atoms with Gasteiger partial charge in [0.1, 0.15) is 22.7 Å². The number of aromatic hydroxyl groups is 1. The second-order valence-corrected chi connectivity index (χ2v) is 18.1. The molecule has 298 valence electrons. The Morgan fingerprint density at radius 1 is 0.492 bits per heavy atom. The average molecular weight is 794 g/mol. The Balaban J connectivity index is 1.20. The van der Waals surface area contributed by atoms with Gasteiger partial charge in [-0.05, 0) is 92.7 Å². The van der Waals surface area contributed by atoms with E-state index in [1.165, 1.54) is 11.1 Å². The normalized spacial score (nSPS) is 12.2. The molecule has 0 aliphatic heterocycles. The minimum atomic E-state index is -0.146. The van der Waals surface area contributed by atoms with Gasteiger partial charge >= 0.3 is 0 Å². The predicted molar refractivity (Wildman–Crippen MR) is 252 cm³/mol. The molecule has 5 heteroatoms. The van der Waals surface area contributed by atoms with Crippen LogP contribution in [0.1, 0.15) is 52.7 Å². The van der Waals surface area contributed by atoms with Gasteiger partial charge in [0, 0.05) is 39.7 Å². The van der Waals surface area contributed by atoms with E-state index in [1.54, 1.807) is 6.07 Å². The summed E-state index contributed by atoms with van der Waals surface area (Å²) in [6, 6.07) is 57.0. The van der Waals surface area contributed by atoms with Gasteiger partial charge in [0.25, 0.3) is 0 Å². The number of furan rings is 1. The minimum absolute atomic E-state index is 0.0825. The molecule has 0 aliphatic carbocycles. The Morgan fingerprint density at radius 3 is 1.98 bits per heavy atom. The van der Waals surface area contributed by atoms with Gasteiger partial charge in [0.2, 0.25) is 0 Å². The number of hydrogen-bond donors (Lipinski definition) is 1. The van der Waals surface area contributed by atoms with Gasteiger partial charge in [0.15, 0.2) is 0 Å². The highest BCUT2D eigenvalue weighted by molar-refractivity contribution is 6.07. The number of benzene rings is 7. The highest BCUT2D eigenvalue weighted by atomic mass is 16.3. The van der Waals surface area contributed by atoms with Crippen LogP contribution < -0.4 is 0 Å². The molecule has 0 spiro atoms. The van der Waals surface area contributed by atoms with Crippen molar-refractivity contribution in [2.24, 2.45) is 0 Å². The maximum absolute atomic E-state index is 11.9. The second-order valence-electron chi connectivity index (χ2n) is 18.1. The molecule has 7 aromatic carbocycles. The smallest absolute Gasteiger partial charge is 0.149 e. The van der Waals surface area contributed by atoms with Crippen LogP contribution in [-0.4, -0.2) is 19.6 Å².